The molecule has 0 fully saturated rings. The molecule has 0 saturated heterocycles. The smallest absolute Gasteiger partial charge is 0.262 e. The van der Waals surface area contributed by atoms with E-state index in [9.17, 15) is 8.42 Å². The lowest BCUT2D eigenvalue weighted by molar-refractivity contribution is 0.600. The molecule has 94 valence electrons. The summed E-state index contributed by atoms with van der Waals surface area (Å²) in [6.45, 7) is 0. The molecule has 18 heavy (non-hydrogen) atoms. The molecule has 0 unspecified atom stereocenters. The number of nitrogens with one attached hydrogen (secondary N) is 1. The molecule has 0 amide bonds. The van der Waals surface area contributed by atoms with Crippen molar-refractivity contribution in [2.24, 2.45) is 0 Å². The second-order valence-electron chi connectivity index (χ2n) is 3.17. The minimum Gasteiger partial charge on any atom is -0.262 e. The van der Waals surface area contributed by atoms with Crippen molar-refractivity contribution < 1.29 is 8.42 Å². The van der Waals surface area contributed by atoms with E-state index >= 15 is 0 Å². The van der Waals surface area contributed by atoms with Crippen molar-refractivity contribution in [3.8, 4) is 0 Å². The lowest BCUT2D eigenvalue weighted by Crippen LogP contribution is -2.14. The summed E-state index contributed by atoms with van der Waals surface area (Å²) in [5.74, 6) is 0.137. The van der Waals surface area contributed by atoms with Crippen molar-refractivity contribution >= 4 is 47.7 Å². The van der Waals surface area contributed by atoms with Crippen molar-refractivity contribution in [3.63, 3.8) is 0 Å². The first-order valence-electron chi connectivity index (χ1n) is 4.58. The topological polar surface area (TPSA) is 84.8 Å². The average Bonchev–Trinajstić information content (AvgIpc) is 2.32. The Hall–Kier alpha value is -1.06. The quantitative estimate of drug-likeness (QED) is 0.863. The molecule has 0 aliphatic heterocycles. The fourth-order valence-electron chi connectivity index (χ4n) is 1.10. The lowest BCUT2D eigenvalue weighted by Gasteiger charge is -2.06. The molecule has 0 aliphatic rings. The average molecular weight is 394 g/mol. The molecule has 0 atom stereocenters. The molecule has 1 N–H and O–H groups in total. The Kier molecular flexibility index (Phi) is 3.93. The Balaban J connectivity index is 2.30. The molecule has 2 rings (SSSR count). The Morgan fingerprint density at radius 2 is 1.83 bits per heavy atom. The molecule has 0 radical (unpaired) electrons. The van der Waals surface area contributed by atoms with Crippen LogP contribution in [0.25, 0.3) is 0 Å². The van der Waals surface area contributed by atoms with E-state index in [1.165, 1.54) is 30.9 Å². The number of hydrogen-bond acceptors (Lipinski definition) is 5. The standard InChI is InChI=1S/C9H6Br2N4O2S/c10-6-1-7(3-12-2-6)18(16,17)15-9-5-13-8(11)4-14-9/h1-5H,(H,14,15). The fraction of sp³-hybridized carbons (Fsp3) is 0. The Morgan fingerprint density at radius 3 is 2.44 bits per heavy atom. The molecule has 2 heterocycles. The van der Waals surface area contributed by atoms with Crippen molar-refractivity contribution in [1.29, 1.82) is 0 Å². The number of hydrogen-bond donors (Lipinski definition) is 1. The van der Waals surface area contributed by atoms with Crippen LogP contribution in [0.5, 0.6) is 0 Å². The number of anilines is 1. The zero-order chi connectivity index (χ0) is 13.2. The maximum absolute atomic E-state index is 12.0. The summed E-state index contributed by atoms with van der Waals surface area (Å²) in [7, 11) is -3.71. The van der Waals surface area contributed by atoms with E-state index in [0.29, 0.717) is 9.08 Å². The number of halogens is 2. The molecule has 6 nitrogen and oxygen atoms in total. The van der Waals surface area contributed by atoms with Crippen LogP contribution in [0, 0.1) is 0 Å². The van der Waals surface area contributed by atoms with Crippen molar-refractivity contribution in [3.05, 3.63) is 39.9 Å². The zero-order valence-corrected chi connectivity index (χ0v) is 12.7. The highest BCUT2D eigenvalue weighted by Crippen LogP contribution is 2.17. The van der Waals surface area contributed by atoms with E-state index in [1.807, 2.05) is 0 Å². The van der Waals surface area contributed by atoms with Crippen molar-refractivity contribution in [2.75, 3.05) is 4.72 Å². The number of pyridine rings is 1. The van der Waals surface area contributed by atoms with Gasteiger partial charge in [-0.15, -0.1) is 0 Å². The first-order valence-corrected chi connectivity index (χ1v) is 7.65. The molecule has 0 spiro atoms. The highest BCUT2D eigenvalue weighted by atomic mass is 79.9. The monoisotopic (exact) mass is 392 g/mol. The molecule has 0 aromatic carbocycles. The summed E-state index contributed by atoms with van der Waals surface area (Å²) in [5, 5.41) is 0. The summed E-state index contributed by atoms with van der Waals surface area (Å²) in [6.07, 6.45) is 5.46. The van der Waals surface area contributed by atoms with Gasteiger partial charge in [-0.3, -0.25) is 9.71 Å². The largest absolute Gasteiger partial charge is 0.264 e. The third-order valence-electron chi connectivity index (χ3n) is 1.85. The van der Waals surface area contributed by atoms with E-state index in [1.54, 1.807) is 0 Å². The van der Waals surface area contributed by atoms with Crippen LogP contribution in [0.3, 0.4) is 0 Å². The zero-order valence-electron chi connectivity index (χ0n) is 8.71. The summed E-state index contributed by atoms with van der Waals surface area (Å²) < 4.78 is 27.4. The maximum Gasteiger partial charge on any atom is 0.264 e. The van der Waals surface area contributed by atoms with Gasteiger partial charge in [-0.25, -0.2) is 18.4 Å². The Morgan fingerprint density at radius 1 is 1.06 bits per heavy atom. The highest BCUT2D eigenvalue weighted by Gasteiger charge is 2.15. The van der Waals surface area contributed by atoms with Gasteiger partial charge in [0.25, 0.3) is 10.0 Å². The Labute approximate surface area is 120 Å². The van der Waals surface area contributed by atoms with Gasteiger partial charge >= 0.3 is 0 Å². The number of rotatable bonds is 3. The van der Waals surface area contributed by atoms with Gasteiger partial charge in [0.2, 0.25) is 0 Å². The first kappa shape index (κ1) is 13.4. The van der Waals surface area contributed by atoms with E-state index in [2.05, 4.69) is 51.5 Å². The molecule has 2 aromatic heterocycles. The maximum atomic E-state index is 12.0. The minimum atomic E-state index is -3.71. The normalized spacial score (nSPS) is 11.2. The van der Waals surface area contributed by atoms with E-state index < -0.39 is 10.0 Å². The van der Waals surface area contributed by atoms with Gasteiger partial charge in [0.15, 0.2) is 5.82 Å². The predicted molar refractivity (Wildman–Crippen MR) is 72.5 cm³/mol. The molecule has 9 heteroatoms. The second-order valence-corrected chi connectivity index (χ2v) is 6.58. The first-order chi connectivity index (χ1) is 8.47. The van der Waals surface area contributed by atoms with Gasteiger partial charge in [-0.2, -0.15) is 0 Å². The van der Waals surface area contributed by atoms with Crippen LogP contribution in [0.15, 0.2) is 44.8 Å². The predicted octanol–water partition coefficient (Wildman–Crippen LogP) is 2.20. The molecular formula is C9H6Br2N4O2S. The number of aromatic nitrogens is 3. The van der Waals surface area contributed by atoms with Crippen LogP contribution < -0.4 is 4.72 Å². The van der Waals surface area contributed by atoms with Crippen LogP contribution >= 0.6 is 31.9 Å². The molecule has 2 aromatic rings. The van der Waals surface area contributed by atoms with E-state index in [4.69, 9.17) is 0 Å². The van der Waals surface area contributed by atoms with Crippen LogP contribution in [-0.4, -0.2) is 23.4 Å². The van der Waals surface area contributed by atoms with Crippen LogP contribution in [0.2, 0.25) is 0 Å². The SMILES string of the molecule is O=S(=O)(Nc1cnc(Br)cn1)c1cncc(Br)c1. The molecule has 0 bridgehead atoms. The van der Waals surface area contributed by atoms with E-state index in [0.717, 1.165) is 0 Å². The van der Waals surface area contributed by atoms with E-state index in [-0.39, 0.29) is 10.7 Å². The van der Waals surface area contributed by atoms with Crippen LogP contribution in [-0.2, 0) is 10.0 Å². The van der Waals surface area contributed by atoms with Gasteiger partial charge in [0.1, 0.15) is 9.50 Å². The Bertz CT molecular complexity index is 661. The second kappa shape index (κ2) is 5.29. The molecular weight excluding hydrogens is 388 g/mol. The van der Waals surface area contributed by atoms with Gasteiger partial charge < -0.3 is 0 Å². The highest BCUT2D eigenvalue weighted by molar-refractivity contribution is 9.10. The van der Waals surface area contributed by atoms with Crippen molar-refractivity contribution in [2.45, 2.75) is 4.90 Å². The van der Waals surface area contributed by atoms with Gasteiger partial charge in [0, 0.05) is 16.9 Å². The molecule has 0 saturated carbocycles. The summed E-state index contributed by atoms with van der Waals surface area (Å²) in [6, 6.07) is 1.45. The lowest BCUT2D eigenvalue weighted by atomic mass is 10.5. The van der Waals surface area contributed by atoms with Gasteiger partial charge in [-0.1, -0.05) is 0 Å². The van der Waals surface area contributed by atoms with Crippen molar-refractivity contribution in [1.82, 2.24) is 15.0 Å². The third kappa shape index (κ3) is 3.24. The van der Waals surface area contributed by atoms with Gasteiger partial charge in [-0.05, 0) is 37.9 Å². The fourth-order valence-corrected chi connectivity index (χ4v) is 2.80. The minimum absolute atomic E-state index is 0.0431. The number of nitrogens with zero attached hydrogens (tertiary/aromatic N) is 3. The third-order valence-corrected chi connectivity index (χ3v) is 4.01. The summed E-state index contributed by atoms with van der Waals surface area (Å²) in [4.78, 5) is 11.6. The number of sulfonamides is 1. The van der Waals surface area contributed by atoms with Crippen LogP contribution in [0.4, 0.5) is 5.82 Å². The van der Waals surface area contributed by atoms with Crippen LogP contribution in [0.1, 0.15) is 0 Å². The summed E-state index contributed by atoms with van der Waals surface area (Å²) >= 11 is 6.27. The molecule has 0 aliphatic carbocycles. The summed E-state index contributed by atoms with van der Waals surface area (Å²) in [5.41, 5.74) is 0. The van der Waals surface area contributed by atoms with Gasteiger partial charge in [0.05, 0.1) is 12.4 Å².